The number of ether oxygens (including phenoxy) is 1. The summed E-state index contributed by atoms with van der Waals surface area (Å²) in [6.07, 6.45) is 0.105. The molecular weight excluding hydrogens is 316 g/mol. The van der Waals surface area contributed by atoms with Crippen molar-refractivity contribution >= 4 is 34.3 Å². The Morgan fingerprint density at radius 2 is 2.19 bits per heavy atom. The van der Waals surface area contributed by atoms with Crippen LogP contribution in [0.1, 0.15) is 19.5 Å². The molecule has 2 rings (SSSR count). The van der Waals surface area contributed by atoms with Gasteiger partial charge in [-0.05, 0) is 25.4 Å². The van der Waals surface area contributed by atoms with Gasteiger partial charge in [-0.3, -0.25) is 4.21 Å². The van der Waals surface area contributed by atoms with E-state index in [0.29, 0.717) is 28.6 Å². The predicted molar refractivity (Wildman–Crippen MR) is 80.1 cm³/mol. The van der Waals surface area contributed by atoms with E-state index in [9.17, 15) is 9.00 Å². The maximum atomic E-state index is 12.0. The molecule has 2 N–H and O–H groups in total. The van der Waals surface area contributed by atoms with Crippen molar-refractivity contribution in [3.63, 3.8) is 0 Å². The Bertz CT molecular complexity index is 594. The molecule has 116 valence electrons. The fourth-order valence-electron chi connectivity index (χ4n) is 1.93. The summed E-state index contributed by atoms with van der Waals surface area (Å²) < 4.78 is 17.1. The van der Waals surface area contributed by atoms with Gasteiger partial charge >= 0.3 is 6.09 Å². The summed E-state index contributed by atoms with van der Waals surface area (Å²) in [5.74, 6) is 0.958. The van der Waals surface area contributed by atoms with E-state index in [0.717, 1.165) is 0 Å². The van der Waals surface area contributed by atoms with Gasteiger partial charge in [0.25, 0.3) is 0 Å². The first-order valence-electron chi connectivity index (χ1n) is 6.40. The van der Waals surface area contributed by atoms with Gasteiger partial charge in [0, 0.05) is 19.2 Å². The van der Waals surface area contributed by atoms with Crippen LogP contribution in [0.4, 0.5) is 10.6 Å². The number of aromatic nitrogens is 2. The van der Waals surface area contributed by atoms with Crippen LogP contribution >= 0.6 is 11.6 Å². The first-order valence-corrected chi connectivity index (χ1v) is 8.09. The molecule has 9 heteroatoms. The summed E-state index contributed by atoms with van der Waals surface area (Å²) in [6, 6.07) is 0. The summed E-state index contributed by atoms with van der Waals surface area (Å²) in [5.41, 5.74) is 0.115. The van der Waals surface area contributed by atoms with Gasteiger partial charge in [0.15, 0.2) is 0 Å². The first kappa shape index (κ1) is 16.0. The van der Waals surface area contributed by atoms with Gasteiger partial charge in [0.1, 0.15) is 17.3 Å². The normalized spacial score (nSPS) is 17.2. The van der Waals surface area contributed by atoms with E-state index in [4.69, 9.17) is 16.3 Å². The highest BCUT2D eigenvalue weighted by Crippen LogP contribution is 2.30. The Morgan fingerprint density at radius 1 is 1.48 bits per heavy atom. The van der Waals surface area contributed by atoms with Crippen LogP contribution in [0.3, 0.4) is 0 Å². The zero-order valence-electron chi connectivity index (χ0n) is 12.0. The number of rotatable bonds is 4. The van der Waals surface area contributed by atoms with Crippen LogP contribution < -0.4 is 10.6 Å². The molecule has 0 saturated heterocycles. The average molecular weight is 333 g/mol. The zero-order chi connectivity index (χ0) is 15.6. The third kappa shape index (κ3) is 3.82. The van der Waals surface area contributed by atoms with E-state index in [1.165, 1.54) is 7.05 Å². The summed E-state index contributed by atoms with van der Waals surface area (Å²) in [6.45, 7) is 3.81. The minimum atomic E-state index is -1.13. The molecule has 1 amide bonds. The molecule has 0 aromatic carbocycles. The van der Waals surface area contributed by atoms with Crippen LogP contribution in [-0.2, 0) is 22.0 Å². The fraction of sp³-hybridized carbons (Fsp3) is 0.583. The number of halogens is 1. The molecule has 1 aromatic rings. The summed E-state index contributed by atoms with van der Waals surface area (Å²) in [4.78, 5) is 20.0. The number of amides is 1. The number of carbonyl (C=O) groups is 1. The standard InChI is InChI=1S/C12H17ClN4O3S/c1-12(2,6-20-11(18)14-3)17-9-8-7(4-5-21(8)19)15-10(13)16-9/h4-6H2,1-3H3,(H,14,18)(H,15,16,17). The lowest BCUT2D eigenvalue weighted by Crippen LogP contribution is -2.39. The van der Waals surface area contributed by atoms with Crippen LogP contribution in [0.25, 0.3) is 0 Å². The van der Waals surface area contributed by atoms with Crippen LogP contribution in [0.5, 0.6) is 0 Å². The highest BCUT2D eigenvalue weighted by atomic mass is 35.5. The van der Waals surface area contributed by atoms with Gasteiger partial charge in [-0.25, -0.2) is 9.78 Å². The summed E-state index contributed by atoms with van der Waals surface area (Å²) in [7, 11) is 0.356. The molecule has 0 saturated carbocycles. The van der Waals surface area contributed by atoms with E-state index in [-0.39, 0.29) is 11.9 Å². The maximum absolute atomic E-state index is 12.0. The van der Waals surface area contributed by atoms with Crippen molar-refractivity contribution in [3.8, 4) is 0 Å². The van der Waals surface area contributed by atoms with Crippen molar-refractivity contribution in [3.05, 3.63) is 11.0 Å². The van der Waals surface area contributed by atoms with Crippen LogP contribution in [-0.4, -0.2) is 45.2 Å². The van der Waals surface area contributed by atoms with Crippen molar-refractivity contribution < 1.29 is 13.7 Å². The molecule has 1 unspecified atom stereocenters. The largest absolute Gasteiger partial charge is 0.447 e. The molecule has 0 aliphatic carbocycles. The number of anilines is 1. The van der Waals surface area contributed by atoms with Gasteiger partial charge in [0.05, 0.1) is 22.0 Å². The molecule has 1 aliphatic heterocycles. The van der Waals surface area contributed by atoms with Crippen molar-refractivity contribution in [1.29, 1.82) is 0 Å². The lowest BCUT2D eigenvalue weighted by Gasteiger charge is -2.27. The minimum Gasteiger partial charge on any atom is -0.447 e. The molecular formula is C12H17ClN4O3S. The molecule has 1 aliphatic rings. The van der Waals surface area contributed by atoms with E-state index in [1.807, 2.05) is 13.8 Å². The Hall–Kier alpha value is -1.41. The Labute approximate surface area is 130 Å². The number of carbonyl (C=O) groups excluding carboxylic acids is 1. The van der Waals surface area contributed by atoms with Crippen LogP contribution in [0.15, 0.2) is 4.90 Å². The van der Waals surface area contributed by atoms with Crippen LogP contribution in [0, 0.1) is 0 Å². The summed E-state index contributed by atoms with van der Waals surface area (Å²) >= 11 is 5.90. The lowest BCUT2D eigenvalue weighted by molar-refractivity contribution is 0.131. The molecule has 7 nitrogen and oxygen atoms in total. The van der Waals surface area contributed by atoms with Crippen molar-refractivity contribution in [2.24, 2.45) is 0 Å². The average Bonchev–Trinajstić information content (AvgIpc) is 2.77. The second-order valence-electron chi connectivity index (χ2n) is 5.25. The van der Waals surface area contributed by atoms with E-state index in [1.54, 1.807) is 0 Å². The molecule has 0 radical (unpaired) electrons. The lowest BCUT2D eigenvalue weighted by atomic mass is 10.1. The molecule has 1 atom stereocenters. The molecule has 0 bridgehead atoms. The molecule has 0 fully saturated rings. The zero-order valence-corrected chi connectivity index (χ0v) is 13.6. The number of nitrogens with zero attached hydrogens (tertiary/aromatic N) is 2. The third-order valence-corrected chi connectivity index (χ3v) is 4.51. The van der Waals surface area contributed by atoms with Crippen molar-refractivity contribution in [1.82, 2.24) is 15.3 Å². The monoisotopic (exact) mass is 332 g/mol. The third-order valence-electron chi connectivity index (χ3n) is 2.89. The number of alkyl carbamates (subject to hydrolysis) is 1. The van der Waals surface area contributed by atoms with E-state index < -0.39 is 22.4 Å². The van der Waals surface area contributed by atoms with Gasteiger partial charge in [0.2, 0.25) is 5.28 Å². The molecule has 1 aromatic heterocycles. The number of hydrogen-bond acceptors (Lipinski definition) is 6. The highest BCUT2D eigenvalue weighted by molar-refractivity contribution is 7.85. The first-order chi connectivity index (χ1) is 9.82. The van der Waals surface area contributed by atoms with Crippen molar-refractivity contribution in [2.75, 3.05) is 24.7 Å². The van der Waals surface area contributed by atoms with E-state index >= 15 is 0 Å². The predicted octanol–water partition coefficient (Wildman–Crippen LogP) is 1.34. The Balaban J connectivity index is 2.19. The molecule has 2 heterocycles. The Morgan fingerprint density at radius 3 is 2.86 bits per heavy atom. The fourth-order valence-corrected chi connectivity index (χ4v) is 3.42. The highest BCUT2D eigenvalue weighted by Gasteiger charge is 2.29. The second kappa shape index (κ2) is 6.15. The van der Waals surface area contributed by atoms with Gasteiger partial charge < -0.3 is 15.4 Å². The number of aryl methyl sites for hydroxylation is 1. The smallest absolute Gasteiger partial charge is 0.406 e. The second-order valence-corrected chi connectivity index (χ2v) is 7.10. The Kier molecular flexibility index (Phi) is 4.67. The maximum Gasteiger partial charge on any atom is 0.406 e. The van der Waals surface area contributed by atoms with Crippen LogP contribution in [0.2, 0.25) is 5.28 Å². The van der Waals surface area contributed by atoms with Gasteiger partial charge in [-0.15, -0.1) is 0 Å². The quantitative estimate of drug-likeness (QED) is 0.808. The minimum absolute atomic E-state index is 0.109. The molecule has 0 spiro atoms. The van der Waals surface area contributed by atoms with E-state index in [2.05, 4.69) is 20.6 Å². The number of nitrogens with one attached hydrogen (secondary N) is 2. The number of hydrogen-bond donors (Lipinski definition) is 2. The SMILES string of the molecule is CNC(=O)OCC(C)(C)Nc1nc(Cl)nc2c1S(=O)CC2. The van der Waals surface area contributed by atoms with Crippen molar-refractivity contribution in [2.45, 2.75) is 30.7 Å². The topological polar surface area (TPSA) is 93.2 Å². The number of fused-ring (bicyclic) bond motifs is 1. The molecule has 21 heavy (non-hydrogen) atoms. The van der Waals surface area contributed by atoms with Gasteiger partial charge in [-0.1, -0.05) is 0 Å². The van der Waals surface area contributed by atoms with Gasteiger partial charge in [-0.2, -0.15) is 4.98 Å². The summed E-state index contributed by atoms with van der Waals surface area (Å²) in [5, 5.41) is 5.62.